The molecule has 15 heavy (non-hydrogen) atoms. The molecule has 4 heteroatoms. The second-order valence-electron chi connectivity index (χ2n) is 3.45. The molecule has 0 aromatic heterocycles. The number of nitrogens with one attached hydrogen (secondary N) is 1. The van der Waals surface area contributed by atoms with Gasteiger partial charge in [-0.25, -0.2) is 0 Å². The molecule has 1 N–H and O–H groups in total. The lowest BCUT2D eigenvalue weighted by molar-refractivity contribution is -0.140. The van der Waals surface area contributed by atoms with Crippen molar-refractivity contribution in [1.29, 1.82) is 0 Å². The highest BCUT2D eigenvalue weighted by Crippen LogP contribution is 2.33. The maximum Gasteiger partial charge on any atom is 0.306 e. The van der Waals surface area contributed by atoms with Crippen LogP contribution in [0.5, 0.6) is 0 Å². The summed E-state index contributed by atoms with van der Waals surface area (Å²) >= 11 is 0. The fourth-order valence-electron chi connectivity index (χ4n) is 1.82. The molecule has 1 heterocycles. The van der Waals surface area contributed by atoms with Gasteiger partial charge in [-0.1, -0.05) is 18.2 Å². The number of benzene rings is 1. The molecule has 1 aromatic carbocycles. The molecule has 1 aliphatic rings. The summed E-state index contributed by atoms with van der Waals surface area (Å²) in [5.74, 6) is 0.118. The number of esters is 1. The van der Waals surface area contributed by atoms with Gasteiger partial charge in [-0.15, -0.1) is 12.4 Å². The second-order valence-corrected chi connectivity index (χ2v) is 3.45. The zero-order chi connectivity index (χ0) is 9.97. The third-order valence-corrected chi connectivity index (χ3v) is 2.58. The third kappa shape index (κ3) is 2.42. The minimum Gasteiger partial charge on any atom is -0.469 e. The Kier molecular flexibility index (Phi) is 3.97. The molecule has 0 saturated carbocycles. The Balaban J connectivity index is 0.00000112. The number of anilines is 1. The van der Waals surface area contributed by atoms with Crippen LogP contribution in [0.2, 0.25) is 0 Å². The van der Waals surface area contributed by atoms with Crippen molar-refractivity contribution in [3.8, 4) is 0 Å². The van der Waals surface area contributed by atoms with Crippen molar-refractivity contribution in [2.45, 2.75) is 12.3 Å². The molecule has 2 rings (SSSR count). The van der Waals surface area contributed by atoms with Crippen LogP contribution in [0.15, 0.2) is 24.3 Å². The molecule has 0 saturated heterocycles. The van der Waals surface area contributed by atoms with Crippen LogP contribution in [-0.4, -0.2) is 19.6 Å². The van der Waals surface area contributed by atoms with Crippen molar-refractivity contribution < 1.29 is 9.53 Å². The first-order valence-electron chi connectivity index (χ1n) is 4.71. The number of rotatable bonds is 2. The first-order valence-corrected chi connectivity index (χ1v) is 4.71. The van der Waals surface area contributed by atoms with Crippen molar-refractivity contribution >= 4 is 24.1 Å². The van der Waals surface area contributed by atoms with Crippen LogP contribution in [0, 0.1) is 0 Å². The fraction of sp³-hybridized carbons (Fsp3) is 0.364. The zero-order valence-electron chi connectivity index (χ0n) is 8.53. The predicted octanol–water partition coefficient (Wildman–Crippen LogP) is 2.18. The lowest BCUT2D eigenvalue weighted by atomic mass is 9.98. The molecule has 1 aliphatic heterocycles. The van der Waals surface area contributed by atoms with E-state index in [2.05, 4.69) is 16.1 Å². The summed E-state index contributed by atoms with van der Waals surface area (Å²) in [5, 5.41) is 3.27. The Morgan fingerprint density at radius 2 is 2.27 bits per heavy atom. The van der Waals surface area contributed by atoms with E-state index in [4.69, 9.17) is 0 Å². The van der Waals surface area contributed by atoms with E-state index in [1.807, 2.05) is 18.2 Å². The average molecular weight is 228 g/mol. The van der Waals surface area contributed by atoms with Crippen molar-refractivity contribution in [1.82, 2.24) is 0 Å². The van der Waals surface area contributed by atoms with E-state index >= 15 is 0 Å². The van der Waals surface area contributed by atoms with E-state index < -0.39 is 0 Å². The minimum absolute atomic E-state index is 0. The number of hydrogen-bond donors (Lipinski definition) is 1. The molecule has 3 nitrogen and oxygen atoms in total. The summed E-state index contributed by atoms with van der Waals surface area (Å²) in [4.78, 5) is 11.1. The van der Waals surface area contributed by atoms with E-state index in [1.54, 1.807) is 0 Å². The topological polar surface area (TPSA) is 38.3 Å². The van der Waals surface area contributed by atoms with Gasteiger partial charge in [0.15, 0.2) is 0 Å². The summed E-state index contributed by atoms with van der Waals surface area (Å²) in [7, 11) is 1.43. The third-order valence-electron chi connectivity index (χ3n) is 2.58. The summed E-state index contributed by atoms with van der Waals surface area (Å²) in [6.45, 7) is 0.828. The van der Waals surface area contributed by atoms with Crippen LogP contribution in [0.4, 0.5) is 5.69 Å². The van der Waals surface area contributed by atoms with Gasteiger partial charge >= 0.3 is 5.97 Å². The van der Waals surface area contributed by atoms with Gasteiger partial charge in [0.05, 0.1) is 13.5 Å². The average Bonchev–Trinajstić information content (AvgIpc) is 2.62. The van der Waals surface area contributed by atoms with Crippen molar-refractivity contribution in [3.05, 3.63) is 29.8 Å². The maximum atomic E-state index is 11.1. The summed E-state index contributed by atoms with van der Waals surface area (Å²) in [6.07, 6.45) is 0.459. The van der Waals surface area contributed by atoms with Gasteiger partial charge < -0.3 is 10.1 Å². The van der Waals surface area contributed by atoms with E-state index in [9.17, 15) is 4.79 Å². The van der Waals surface area contributed by atoms with E-state index in [0.717, 1.165) is 12.2 Å². The van der Waals surface area contributed by atoms with Gasteiger partial charge in [-0.2, -0.15) is 0 Å². The normalized spacial score (nSPS) is 17.3. The summed E-state index contributed by atoms with van der Waals surface area (Å²) in [6, 6.07) is 8.08. The number of hydrogen-bond acceptors (Lipinski definition) is 3. The van der Waals surface area contributed by atoms with Crippen molar-refractivity contribution in [2.24, 2.45) is 0 Å². The largest absolute Gasteiger partial charge is 0.469 e. The van der Waals surface area contributed by atoms with Crippen LogP contribution in [-0.2, 0) is 9.53 Å². The van der Waals surface area contributed by atoms with Crippen LogP contribution >= 0.6 is 12.4 Å². The lowest BCUT2D eigenvalue weighted by Gasteiger charge is -2.07. The number of ether oxygens (including phenoxy) is 1. The van der Waals surface area contributed by atoms with Crippen LogP contribution in [0.1, 0.15) is 17.9 Å². The molecule has 0 amide bonds. The minimum atomic E-state index is -0.145. The highest BCUT2D eigenvalue weighted by atomic mass is 35.5. The van der Waals surface area contributed by atoms with E-state index in [-0.39, 0.29) is 24.3 Å². The van der Waals surface area contributed by atoms with E-state index in [1.165, 1.54) is 12.7 Å². The van der Waals surface area contributed by atoms with Gasteiger partial charge in [-0.05, 0) is 11.6 Å². The van der Waals surface area contributed by atoms with Crippen LogP contribution in [0.25, 0.3) is 0 Å². The molecule has 0 bridgehead atoms. The first-order chi connectivity index (χ1) is 6.81. The highest BCUT2D eigenvalue weighted by Gasteiger charge is 2.23. The molecule has 0 spiro atoms. The number of carbonyl (C=O) groups is 1. The monoisotopic (exact) mass is 227 g/mol. The Bertz CT molecular complexity index is 354. The Morgan fingerprint density at radius 3 is 3.00 bits per heavy atom. The van der Waals surface area contributed by atoms with Crippen molar-refractivity contribution in [3.63, 3.8) is 0 Å². The van der Waals surface area contributed by atoms with Gasteiger partial charge in [0, 0.05) is 18.2 Å². The smallest absolute Gasteiger partial charge is 0.306 e. The zero-order valence-corrected chi connectivity index (χ0v) is 9.34. The Hall–Kier alpha value is -1.22. The molecule has 1 atom stereocenters. The molecule has 82 valence electrons. The van der Waals surface area contributed by atoms with Gasteiger partial charge in [0.1, 0.15) is 0 Å². The molecule has 0 fully saturated rings. The van der Waals surface area contributed by atoms with E-state index in [0.29, 0.717) is 6.42 Å². The Labute approximate surface area is 95.2 Å². The SMILES string of the molecule is COC(=O)CC1CNc2ccccc21.Cl. The maximum absolute atomic E-state index is 11.1. The molecular formula is C11H14ClNO2. The second kappa shape index (κ2) is 5.03. The van der Waals surface area contributed by atoms with Gasteiger partial charge in [0.2, 0.25) is 0 Å². The van der Waals surface area contributed by atoms with Crippen LogP contribution in [0.3, 0.4) is 0 Å². The standard InChI is InChI=1S/C11H13NO2.ClH/c1-14-11(13)6-8-7-12-10-5-3-2-4-9(8)10;/h2-5,8,12H,6-7H2,1H3;1H. The van der Waals surface area contributed by atoms with Crippen molar-refractivity contribution in [2.75, 3.05) is 19.0 Å². The number of carbonyl (C=O) groups excluding carboxylic acids is 1. The summed E-state index contributed by atoms with van der Waals surface area (Å²) < 4.78 is 4.66. The predicted molar refractivity (Wildman–Crippen MR) is 61.6 cm³/mol. The lowest BCUT2D eigenvalue weighted by Crippen LogP contribution is -2.10. The van der Waals surface area contributed by atoms with Gasteiger partial charge in [-0.3, -0.25) is 4.79 Å². The molecule has 1 unspecified atom stereocenters. The number of para-hydroxylation sites is 1. The number of methoxy groups -OCH3 is 1. The van der Waals surface area contributed by atoms with Crippen LogP contribution < -0.4 is 5.32 Å². The molecular weight excluding hydrogens is 214 g/mol. The van der Waals surface area contributed by atoms with Gasteiger partial charge in [0.25, 0.3) is 0 Å². The number of halogens is 1. The first kappa shape index (κ1) is 11.9. The Morgan fingerprint density at radius 1 is 1.53 bits per heavy atom. The molecule has 1 aromatic rings. The fourth-order valence-corrected chi connectivity index (χ4v) is 1.82. The quantitative estimate of drug-likeness (QED) is 0.788. The summed E-state index contributed by atoms with van der Waals surface area (Å²) in [5.41, 5.74) is 2.36. The molecule has 0 aliphatic carbocycles. The highest BCUT2D eigenvalue weighted by molar-refractivity contribution is 5.85. The molecule has 0 radical (unpaired) electrons. The number of fused-ring (bicyclic) bond motifs is 1.